The summed E-state index contributed by atoms with van der Waals surface area (Å²) in [6.07, 6.45) is 7.10. The van der Waals surface area contributed by atoms with Gasteiger partial charge in [0.15, 0.2) is 0 Å². The molecule has 2 aliphatic carbocycles. The lowest BCUT2D eigenvalue weighted by Gasteiger charge is -2.22. The molecule has 0 aromatic heterocycles. The molecule has 3 atom stereocenters. The quantitative estimate of drug-likeness (QED) is 0.814. The van der Waals surface area contributed by atoms with E-state index in [0.29, 0.717) is 0 Å². The van der Waals surface area contributed by atoms with Gasteiger partial charge in [0.1, 0.15) is 0 Å². The lowest BCUT2D eigenvalue weighted by molar-refractivity contribution is 0.354. The maximum absolute atomic E-state index is 3.76. The second kappa shape index (κ2) is 4.58. The predicted molar refractivity (Wildman–Crippen MR) is 67.4 cm³/mol. The highest BCUT2D eigenvalue weighted by Gasteiger charge is 2.38. The maximum Gasteiger partial charge on any atom is 0.00981 e. The van der Waals surface area contributed by atoms with Crippen molar-refractivity contribution < 1.29 is 0 Å². The minimum atomic E-state index is 0.836. The Labute approximate surface area is 98.3 Å². The van der Waals surface area contributed by atoms with Gasteiger partial charge < -0.3 is 5.32 Å². The molecule has 1 aromatic rings. The molecule has 0 unspecified atom stereocenters. The SMILES string of the molecule is c1ccc(CCN[C@H]2C[C@@H]3CC[C@@H]2C3)cc1. The fourth-order valence-corrected chi connectivity index (χ4v) is 3.54. The second-order valence-corrected chi connectivity index (χ2v) is 5.47. The van der Waals surface area contributed by atoms with Crippen LogP contribution in [0.2, 0.25) is 0 Å². The minimum Gasteiger partial charge on any atom is -0.313 e. The molecule has 0 radical (unpaired) electrons. The molecule has 0 amide bonds. The van der Waals surface area contributed by atoms with Crippen molar-refractivity contribution >= 4 is 0 Å². The molecular weight excluding hydrogens is 194 g/mol. The van der Waals surface area contributed by atoms with Crippen molar-refractivity contribution in [3.63, 3.8) is 0 Å². The van der Waals surface area contributed by atoms with Gasteiger partial charge in [0.2, 0.25) is 0 Å². The zero-order valence-corrected chi connectivity index (χ0v) is 9.86. The van der Waals surface area contributed by atoms with Gasteiger partial charge in [-0.05, 0) is 49.6 Å². The van der Waals surface area contributed by atoms with Crippen molar-refractivity contribution in [3.8, 4) is 0 Å². The van der Waals surface area contributed by atoms with Gasteiger partial charge in [-0.3, -0.25) is 0 Å². The zero-order valence-electron chi connectivity index (χ0n) is 9.86. The van der Waals surface area contributed by atoms with Crippen LogP contribution in [0.1, 0.15) is 31.2 Å². The van der Waals surface area contributed by atoms with Crippen LogP contribution in [-0.2, 0) is 6.42 Å². The molecule has 1 aromatic carbocycles. The van der Waals surface area contributed by atoms with Crippen molar-refractivity contribution in [2.24, 2.45) is 11.8 Å². The van der Waals surface area contributed by atoms with E-state index in [1.165, 1.54) is 37.7 Å². The summed E-state index contributed by atoms with van der Waals surface area (Å²) in [6.45, 7) is 1.15. The van der Waals surface area contributed by atoms with Gasteiger partial charge in [0, 0.05) is 6.04 Å². The average molecular weight is 215 g/mol. The molecule has 0 heterocycles. The van der Waals surface area contributed by atoms with E-state index in [4.69, 9.17) is 0 Å². The number of hydrogen-bond acceptors (Lipinski definition) is 1. The summed E-state index contributed by atoms with van der Waals surface area (Å²) < 4.78 is 0. The van der Waals surface area contributed by atoms with Crippen LogP contribution >= 0.6 is 0 Å². The number of benzene rings is 1. The highest BCUT2D eigenvalue weighted by atomic mass is 14.9. The fourth-order valence-electron chi connectivity index (χ4n) is 3.54. The lowest BCUT2D eigenvalue weighted by atomic mass is 9.95. The summed E-state index contributed by atoms with van der Waals surface area (Å²) in [5, 5.41) is 3.76. The smallest absolute Gasteiger partial charge is 0.00981 e. The van der Waals surface area contributed by atoms with Crippen LogP contribution in [0.5, 0.6) is 0 Å². The highest BCUT2D eigenvalue weighted by Crippen LogP contribution is 2.44. The Kier molecular flexibility index (Phi) is 2.96. The van der Waals surface area contributed by atoms with Gasteiger partial charge in [0.05, 0.1) is 0 Å². The van der Waals surface area contributed by atoms with Crippen molar-refractivity contribution in [2.45, 2.75) is 38.1 Å². The van der Waals surface area contributed by atoms with Gasteiger partial charge in [-0.25, -0.2) is 0 Å². The standard InChI is InChI=1S/C15H21N/c1-2-4-12(5-3-1)8-9-16-15-11-13-6-7-14(15)10-13/h1-5,13-16H,6-11H2/t13-,14-,15+/m1/s1. The van der Waals surface area contributed by atoms with Crippen molar-refractivity contribution in [1.29, 1.82) is 0 Å². The Morgan fingerprint density at radius 2 is 1.94 bits per heavy atom. The van der Waals surface area contributed by atoms with E-state index in [1.807, 2.05) is 0 Å². The first kappa shape index (κ1) is 10.3. The van der Waals surface area contributed by atoms with Crippen molar-refractivity contribution in [1.82, 2.24) is 5.32 Å². The Balaban J connectivity index is 1.44. The van der Waals surface area contributed by atoms with Crippen LogP contribution in [0, 0.1) is 11.8 Å². The lowest BCUT2D eigenvalue weighted by Crippen LogP contribution is -2.35. The molecule has 2 saturated carbocycles. The van der Waals surface area contributed by atoms with Crippen LogP contribution < -0.4 is 5.32 Å². The summed E-state index contributed by atoms with van der Waals surface area (Å²) in [5.74, 6) is 2.06. The molecule has 2 aliphatic rings. The van der Waals surface area contributed by atoms with E-state index < -0.39 is 0 Å². The Morgan fingerprint density at radius 1 is 1.06 bits per heavy atom. The van der Waals surface area contributed by atoms with Crippen molar-refractivity contribution in [3.05, 3.63) is 35.9 Å². The molecule has 0 spiro atoms. The molecule has 0 aliphatic heterocycles. The van der Waals surface area contributed by atoms with E-state index in [2.05, 4.69) is 35.6 Å². The molecular formula is C15H21N. The van der Waals surface area contributed by atoms with Crippen LogP contribution in [-0.4, -0.2) is 12.6 Å². The van der Waals surface area contributed by atoms with Gasteiger partial charge in [-0.15, -0.1) is 0 Å². The highest BCUT2D eigenvalue weighted by molar-refractivity contribution is 5.14. The molecule has 0 saturated heterocycles. The first-order chi connectivity index (χ1) is 7.92. The number of hydrogen-bond donors (Lipinski definition) is 1. The van der Waals surface area contributed by atoms with E-state index in [1.54, 1.807) is 0 Å². The zero-order chi connectivity index (χ0) is 10.8. The summed E-state index contributed by atoms with van der Waals surface area (Å²) in [5.41, 5.74) is 1.46. The predicted octanol–water partition coefficient (Wildman–Crippen LogP) is 3.01. The molecule has 1 N–H and O–H groups in total. The fraction of sp³-hybridized carbons (Fsp3) is 0.600. The Hall–Kier alpha value is -0.820. The van der Waals surface area contributed by atoms with Gasteiger partial charge in [-0.1, -0.05) is 36.8 Å². The maximum atomic E-state index is 3.76. The molecule has 1 heteroatoms. The van der Waals surface area contributed by atoms with Crippen LogP contribution in [0.15, 0.2) is 30.3 Å². The molecule has 86 valence electrons. The third kappa shape index (κ3) is 2.15. The van der Waals surface area contributed by atoms with Crippen LogP contribution in [0.3, 0.4) is 0 Å². The van der Waals surface area contributed by atoms with E-state index in [9.17, 15) is 0 Å². The van der Waals surface area contributed by atoms with Gasteiger partial charge >= 0.3 is 0 Å². The molecule has 1 nitrogen and oxygen atoms in total. The van der Waals surface area contributed by atoms with E-state index >= 15 is 0 Å². The summed E-state index contributed by atoms with van der Waals surface area (Å²) in [7, 11) is 0. The largest absolute Gasteiger partial charge is 0.313 e. The first-order valence-electron chi connectivity index (χ1n) is 6.69. The van der Waals surface area contributed by atoms with E-state index in [0.717, 1.165) is 24.4 Å². The van der Waals surface area contributed by atoms with Gasteiger partial charge in [0.25, 0.3) is 0 Å². The summed E-state index contributed by atoms with van der Waals surface area (Å²) >= 11 is 0. The average Bonchev–Trinajstić information content (AvgIpc) is 2.92. The summed E-state index contributed by atoms with van der Waals surface area (Å²) in [4.78, 5) is 0. The van der Waals surface area contributed by atoms with Gasteiger partial charge in [-0.2, -0.15) is 0 Å². The molecule has 3 rings (SSSR count). The number of nitrogens with one attached hydrogen (secondary N) is 1. The normalized spacial score (nSPS) is 32.1. The first-order valence-corrected chi connectivity index (χ1v) is 6.69. The molecule has 16 heavy (non-hydrogen) atoms. The van der Waals surface area contributed by atoms with E-state index in [-0.39, 0.29) is 0 Å². The van der Waals surface area contributed by atoms with Crippen LogP contribution in [0.25, 0.3) is 0 Å². The third-order valence-electron chi connectivity index (χ3n) is 4.40. The van der Waals surface area contributed by atoms with Crippen LogP contribution in [0.4, 0.5) is 0 Å². The second-order valence-electron chi connectivity index (χ2n) is 5.47. The topological polar surface area (TPSA) is 12.0 Å². The number of fused-ring (bicyclic) bond motifs is 2. The monoisotopic (exact) mass is 215 g/mol. The molecule has 2 fully saturated rings. The summed E-state index contributed by atoms with van der Waals surface area (Å²) in [6, 6.07) is 11.6. The van der Waals surface area contributed by atoms with Crippen molar-refractivity contribution in [2.75, 3.05) is 6.54 Å². The Morgan fingerprint density at radius 3 is 2.62 bits per heavy atom. The molecule has 2 bridgehead atoms. The number of rotatable bonds is 4. The third-order valence-corrected chi connectivity index (χ3v) is 4.40. The minimum absolute atomic E-state index is 0.836. The Bertz CT molecular complexity index is 333.